The average molecular weight is 211 g/mol. The minimum atomic E-state index is 0.709. The molecule has 0 saturated carbocycles. The van der Waals surface area contributed by atoms with E-state index in [9.17, 15) is 0 Å². The molecule has 0 spiro atoms. The van der Waals surface area contributed by atoms with Crippen LogP contribution in [0.3, 0.4) is 0 Å². The van der Waals surface area contributed by atoms with E-state index in [4.69, 9.17) is 4.52 Å². The minimum absolute atomic E-state index is 0.709. The second-order valence-electron chi connectivity index (χ2n) is 3.39. The van der Waals surface area contributed by atoms with Crippen molar-refractivity contribution in [3.8, 4) is 0 Å². The van der Waals surface area contributed by atoms with Gasteiger partial charge in [0.1, 0.15) is 5.82 Å². The fourth-order valence-electron chi connectivity index (χ4n) is 1.52. The molecule has 0 unspecified atom stereocenters. The van der Waals surface area contributed by atoms with E-state index in [2.05, 4.69) is 15.1 Å². The first-order valence-corrected chi connectivity index (χ1v) is 4.95. The first-order valence-electron chi connectivity index (χ1n) is 4.95. The number of hydrogen-bond acceptors (Lipinski definition) is 3. The third-order valence-corrected chi connectivity index (χ3v) is 2.27. The van der Waals surface area contributed by atoms with Gasteiger partial charge in [-0.1, -0.05) is 17.3 Å². The number of aromatic amines is 1. The molecule has 4 nitrogen and oxygen atoms in total. The molecule has 78 valence electrons. The van der Waals surface area contributed by atoms with Crippen LogP contribution in [0.25, 0.3) is 23.2 Å². The Morgan fingerprint density at radius 1 is 1.12 bits per heavy atom. The van der Waals surface area contributed by atoms with E-state index in [0.717, 1.165) is 16.9 Å². The number of hydrogen-bond donors (Lipinski definition) is 1. The van der Waals surface area contributed by atoms with Gasteiger partial charge in [0.15, 0.2) is 5.76 Å². The Morgan fingerprint density at radius 3 is 2.88 bits per heavy atom. The van der Waals surface area contributed by atoms with E-state index in [1.165, 1.54) is 0 Å². The first kappa shape index (κ1) is 8.91. The largest absolute Gasteiger partial charge is 0.357 e. The summed E-state index contributed by atoms with van der Waals surface area (Å²) in [4.78, 5) is 7.61. The number of nitrogens with one attached hydrogen (secondary N) is 1. The van der Waals surface area contributed by atoms with Crippen molar-refractivity contribution < 1.29 is 4.52 Å². The molecule has 0 amide bonds. The lowest BCUT2D eigenvalue weighted by molar-refractivity contribution is 0.413. The summed E-state index contributed by atoms with van der Waals surface area (Å²) in [5, 5.41) is 3.62. The minimum Gasteiger partial charge on any atom is -0.357 e. The molecule has 0 bridgehead atoms. The SMILES string of the molecule is C(=C\c1ccno1)/c1nc2ccccc2[nH]1. The molecule has 0 radical (unpaired) electrons. The van der Waals surface area contributed by atoms with Crippen LogP contribution in [0.4, 0.5) is 0 Å². The number of imidazole rings is 1. The summed E-state index contributed by atoms with van der Waals surface area (Å²) in [6.45, 7) is 0. The van der Waals surface area contributed by atoms with Gasteiger partial charge in [0, 0.05) is 6.07 Å². The third kappa shape index (κ3) is 1.61. The summed E-state index contributed by atoms with van der Waals surface area (Å²) in [5.74, 6) is 1.51. The Morgan fingerprint density at radius 2 is 2.06 bits per heavy atom. The lowest BCUT2D eigenvalue weighted by atomic mass is 10.3. The molecule has 1 aromatic carbocycles. The highest BCUT2D eigenvalue weighted by molar-refractivity contribution is 5.78. The van der Waals surface area contributed by atoms with Gasteiger partial charge in [-0.05, 0) is 24.3 Å². The maximum absolute atomic E-state index is 4.95. The molecule has 3 rings (SSSR count). The lowest BCUT2D eigenvalue weighted by Gasteiger charge is -1.82. The van der Waals surface area contributed by atoms with Crippen molar-refractivity contribution >= 4 is 23.2 Å². The summed E-state index contributed by atoms with van der Waals surface area (Å²) < 4.78 is 4.95. The molecule has 0 saturated heterocycles. The summed E-state index contributed by atoms with van der Waals surface area (Å²) in [7, 11) is 0. The van der Waals surface area contributed by atoms with Crippen LogP contribution in [0, 0.1) is 0 Å². The maximum Gasteiger partial charge on any atom is 0.159 e. The van der Waals surface area contributed by atoms with Gasteiger partial charge in [0.05, 0.1) is 17.2 Å². The average Bonchev–Trinajstić information content (AvgIpc) is 2.95. The zero-order chi connectivity index (χ0) is 10.8. The van der Waals surface area contributed by atoms with Gasteiger partial charge in [-0.25, -0.2) is 4.98 Å². The van der Waals surface area contributed by atoms with Crippen molar-refractivity contribution in [2.24, 2.45) is 0 Å². The number of H-pyrrole nitrogens is 1. The fraction of sp³-hybridized carbons (Fsp3) is 0. The molecule has 16 heavy (non-hydrogen) atoms. The molecular weight excluding hydrogens is 202 g/mol. The van der Waals surface area contributed by atoms with Crippen molar-refractivity contribution in [1.82, 2.24) is 15.1 Å². The van der Waals surface area contributed by atoms with Crippen molar-refractivity contribution in [1.29, 1.82) is 0 Å². The molecule has 0 aliphatic carbocycles. The van der Waals surface area contributed by atoms with Gasteiger partial charge in [-0.3, -0.25) is 0 Å². The molecule has 2 aromatic heterocycles. The number of aromatic nitrogens is 3. The fourth-order valence-corrected chi connectivity index (χ4v) is 1.52. The van der Waals surface area contributed by atoms with E-state index in [1.54, 1.807) is 12.3 Å². The monoisotopic (exact) mass is 211 g/mol. The molecule has 0 aliphatic rings. The Balaban J connectivity index is 1.95. The highest BCUT2D eigenvalue weighted by Gasteiger charge is 1.98. The third-order valence-electron chi connectivity index (χ3n) is 2.27. The quantitative estimate of drug-likeness (QED) is 0.709. The Labute approximate surface area is 91.6 Å². The summed E-state index contributed by atoms with van der Waals surface area (Å²) in [6.07, 6.45) is 5.30. The lowest BCUT2D eigenvalue weighted by Crippen LogP contribution is -1.72. The van der Waals surface area contributed by atoms with Crippen LogP contribution in [-0.2, 0) is 0 Å². The van der Waals surface area contributed by atoms with Crippen LogP contribution >= 0.6 is 0 Å². The standard InChI is InChI=1S/C12H9N3O/c1-2-4-11-10(3-1)14-12(15-11)6-5-9-7-8-13-16-9/h1-8H,(H,14,15)/b6-5+. The topological polar surface area (TPSA) is 54.7 Å². The van der Waals surface area contributed by atoms with E-state index < -0.39 is 0 Å². The summed E-state index contributed by atoms with van der Waals surface area (Å²) >= 11 is 0. The highest BCUT2D eigenvalue weighted by atomic mass is 16.5. The number of para-hydroxylation sites is 2. The van der Waals surface area contributed by atoms with Crippen LogP contribution in [-0.4, -0.2) is 15.1 Å². The van der Waals surface area contributed by atoms with Crippen molar-refractivity contribution in [3.63, 3.8) is 0 Å². The van der Waals surface area contributed by atoms with Crippen molar-refractivity contribution in [2.45, 2.75) is 0 Å². The van der Waals surface area contributed by atoms with E-state index in [0.29, 0.717) is 5.76 Å². The highest BCUT2D eigenvalue weighted by Crippen LogP contribution is 2.12. The van der Waals surface area contributed by atoms with Crippen molar-refractivity contribution in [2.75, 3.05) is 0 Å². The first-order chi connectivity index (χ1) is 7.92. The van der Waals surface area contributed by atoms with Gasteiger partial charge in [0.25, 0.3) is 0 Å². The van der Waals surface area contributed by atoms with E-state index >= 15 is 0 Å². The van der Waals surface area contributed by atoms with Gasteiger partial charge in [-0.2, -0.15) is 0 Å². The van der Waals surface area contributed by atoms with Gasteiger partial charge < -0.3 is 9.51 Å². The van der Waals surface area contributed by atoms with Crippen LogP contribution < -0.4 is 0 Å². The molecule has 2 heterocycles. The van der Waals surface area contributed by atoms with E-state index in [1.807, 2.05) is 36.4 Å². The number of rotatable bonds is 2. The predicted octanol–water partition coefficient (Wildman–Crippen LogP) is 2.72. The predicted molar refractivity (Wildman–Crippen MR) is 61.5 cm³/mol. The summed E-state index contributed by atoms with van der Waals surface area (Å²) in [6, 6.07) is 9.70. The molecule has 0 atom stereocenters. The zero-order valence-corrected chi connectivity index (χ0v) is 8.42. The molecule has 0 fully saturated rings. The van der Waals surface area contributed by atoms with Crippen LogP contribution in [0.5, 0.6) is 0 Å². The second-order valence-corrected chi connectivity index (χ2v) is 3.39. The number of benzene rings is 1. The van der Waals surface area contributed by atoms with Gasteiger partial charge >= 0.3 is 0 Å². The number of nitrogens with zero attached hydrogens (tertiary/aromatic N) is 2. The van der Waals surface area contributed by atoms with Gasteiger partial charge in [-0.15, -0.1) is 0 Å². The molecule has 0 aliphatic heterocycles. The van der Waals surface area contributed by atoms with Crippen LogP contribution in [0.1, 0.15) is 11.6 Å². The molecule has 3 aromatic rings. The van der Waals surface area contributed by atoms with Crippen LogP contribution in [0.15, 0.2) is 41.1 Å². The zero-order valence-electron chi connectivity index (χ0n) is 8.42. The molecule has 4 heteroatoms. The van der Waals surface area contributed by atoms with Crippen molar-refractivity contribution in [3.05, 3.63) is 48.1 Å². The van der Waals surface area contributed by atoms with Gasteiger partial charge in [0.2, 0.25) is 0 Å². The summed E-state index contributed by atoms with van der Waals surface area (Å²) in [5.41, 5.74) is 1.99. The molecular formula is C12H9N3O. The van der Waals surface area contributed by atoms with E-state index in [-0.39, 0.29) is 0 Å². The molecule has 1 N–H and O–H groups in total. The normalized spacial score (nSPS) is 11.5. The Bertz CT molecular complexity index is 590. The maximum atomic E-state index is 4.95. The Kier molecular flexibility index (Phi) is 2.04. The second kappa shape index (κ2) is 3.66. The number of fused-ring (bicyclic) bond motifs is 1. The smallest absolute Gasteiger partial charge is 0.159 e. The van der Waals surface area contributed by atoms with Crippen LogP contribution in [0.2, 0.25) is 0 Å². The Hall–Kier alpha value is -2.36.